The van der Waals surface area contributed by atoms with Gasteiger partial charge in [-0.3, -0.25) is 4.79 Å². The molecule has 1 aromatic heterocycles. The molecular formula is C32H30N4O2S. The van der Waals surface area contributed by atoms with Gasteiger partial charge in [0.15, 0.2) is 5.50 Å². The molecular weight excluding hydrogens is 504 g/mol. The number of aryl methyl sites for hydroxylation is 2. The number of anilines is 1. The number of nitrogens with zero attached hydrogens (tertiary/aromatic N) is 2. The molecule has 6 nitrogen and oxygen atoms in total. The summed E-state index contributed by atoms with van der Waals surface area (Å²) in [7, 11) is 0. The first kappa shape index (κ1) is 26.2. The molecule has 2 heterocycles. The second kappa shape index (κ2) is 11.5. The second-order valence-corrected chi connectivity index (χ2v) is 10.5. The Kier molecular flexibility index (Phi) is 7.76. The van der Waals surface area contributed by atoms with Crippen molar-refractivity contribution in [3.05, 3.63) is 117 Å². The zero-order valence-electron chi connectivity index (χ0n) is 22.2. The van der Waals surface area contributed by atoms with Crippen LogP contribution in [0, 0.1) is 25.2 Å². The maximum atomic E-state index is 12.7. The molecule has 0 spiro atoms. The fourth-order valence-corrected chi connectivity index (χ4v) is 5.61. The van der Waals surface area contributed by atoms with Crippen LogP contribution in [0.25, 0.3) is 11.8 Å². The molecule has 1 fully saturated rings. The summed E-state index contributed by atoms with van der Waals surface area (Å²) in [4.78, 5) is 13.4. The normalized spacial score (nSPS) is 15.7. The van der Waals surface area contributed by atoms with Gasteiger partial charge in [-0.05, 0) is 86.0 Å². The topological polar surface area (TPSA) is 79.1 Å². The summed E-state index contributed by atoms with van der Waals surface area (Å²) < 4.78 is 8.10. The van der Waals surface area contributed by atoms with Gasteiger partial charge in [-0.15, -0.1) is 0 Å². The lowest BCUT2D eigenvalue weighted by molar-refractivity contribution is -0.116. The van der Waals surface area contributed by atoms with E-state index < -0.39 is 0 Å². The number of hydrogen-bond donors (Lipinski definition) is 2. The van der Waals surface area contributed by atoms with E-state index in [1.54, 1.807) is 6.07 Å². The molecule has 1 atom stereocenters. The van der Waals surface area contributed by atoms with Gasteiger partial charge in [0.1, 0.15) is 12.4 Å². The summed E-state index contributed by atoms with van der Waals surface area (Å²) in [5.41, 5.74) is 7.67. The molecule has 1 aliphatic heterocycles. The predicted molar refractivity (Wildman–Crippen MR) is 158 cm³/mol. The average molecular weight is 535 g/mol. The van der Waals surface area contributed by atoms with Crippen LogP contribution in [0.2, 0.25) is 0 Å². The van der Waals surface area contributed by atoms with Gasteiger partial charge in [0.05, 0.1) is 16.5 Å². The summed E-state index contributed by atoms with van der Waals surface area (Å²) in [6, 6.07) is 27.9. The highest BCUT2D eigenvalue weighted by molar-refractivity contribution is 8.05. The van der Waals surface area contributed by atoms with Crippen LogP contribution in [0.3, 0.4) is 0 Å². The van der Waals surface area contributed by atoms with Gasteiger partial charge >= 0.3 is 0 Å². The Morgan fingerprint density at radius 1 is 1.08 bits per heavy atom. The van der Waals surface area contributed by atoms with E-state index in [-0.39, 0.29) is 11.4 Å². The second-order valence-electron chi connectivity index (χ2n) is 9.39. The molecule has 5 rings (SSSR count). The minimum atomic E-state index is -0.215. The van der Waals surface area contributed by atoms with Crippen LogP contribution in [0.5, 0.6) is 5.75 Å². The Morgan fingerprint density at radius 3 is 2.54 bits per heavy atom. The quantitative estimate of drug-likeness (QED) is 0.246. The summed E-state index contributed by atoms with van der Waals surface area (Å²) in [6.45, 7) is 6.59. The molecule has 1 saturated heterocycles. The van der Waals surface area contributed by atoms with Crippen molar-refractivity contribution in [1.82, 2.24) is 9.88 Å². The molecule has 39 heavy (non-hydrogen) atoms. The highest BCUT2D eigenvalue weighted by Crippen LogP contribution is 2.32. The number of rotatable bonds is 8. The molecule has 4 aromatic rings. The van der Waals surface area contributed by atoms with Crippen molar-refractivity contribution in [3.63, 3.8) is 0 Å². The number of benzene rings is 3. The Bertz CT molecular complexity index is 1560. The average Bonchev–Trinajstić information content (AvgIpc) is 3.44. The monoisotopic (exact) mass is 534 g/mol. The van der Waals surface area contributed by atoms with Gasteiger partial charge in [-0.1, -0.05) is 49.0 Å². The number of nitriles is 1. The summed E-state index contributed by atoms with van der Waals surface area (Å²) in [6.07, 6.45) is 2.96. The largest absolute Gasteiger partial charge is 0.489 e. The fourth-order valence-electron chi connectivity index (χ4n) is 4.63. The van der Waals surface area contributed by atoms with E-state index >= 15 is 0 Å². The summed E-state index contributed by atoms with van der Waals surface area (Å²) in [5, 5.41) is 15.7. The smallest absolute Gasteiger partial charge is 0.260 e. The van der Waals surface area contributed by atoms with Crippen molar-refractivity contribution >= 4 is 29.4 Å². The Balaban J connectivity index is 1.28. The van der Waals surface area contributed by atoms with E-state index in [0.29, 0.717) is 17.1 Å². The van der Waals surface area contributed by atoms with Gasteiger partial charge in [0.2, 0.25) is 0 Å². The lowest BCUT2D eigenvalue weighted by Crippen LogP contribution is -2.30. The highest BCUT2D eigenvalue weighted by Gasteiger charge is 2.27. The predicted octanol–water partition coefficient (Wildman–Crippen LogP) is 6.71. The highest BCUT2D eigenvalue weighted by atomic mass is 32.2. The lowest BCUT2D eigenvalue weighted by atomic mass is 10.1. The van der Waals surface area contributed by atoms with Crippen molar-refractivity contribution in [2.24, 2.45) is 0 Å². The van der Waals surface area contributed by atoms with Gasteiger partial charge < -0.3 is 19.9 Å². The van der Waals surface area contributed by atoms with Crippen molar-refractivity contribution in [2.75, 3.05) is 5.32 Å². The molecule has 196 valence electrons. The van der Waals surface area contributed by atoms with Crippen molar-refractivity contribution in [3.8, 4) is 17.5 Å². The van der Waals surface area contributed by atoms with Crippen LogP contribution in [0.15, 0.2) is 83.8 Å². The molecule has 1 aliphatic rings. The molecule has 0 radical (unpaired) electrons. The van der Waals surface area contributed by atoms with Crippen LogP contribution in [-0.4, -0.2) is 16.0 Å². The van der Waals surface area contributed by atoms with E-state index in [4.69, 9.17) is 4.74 Å². The zero-order chi connectivity index (χ0) is 27.4. The number of carbonyl (C=O) groups excluding carboxylic acids is 1. The number of nitrogens with one attached hydrogen (secondary N) is 2. The number of amides is 1. The maximum absolute atomic E-state index is 12.7. The zero-order valence-corrected chi connectivity index (χ0v) is 23.0. The Morgan fingerprint density at radius 2 is 1.82 bits per heavy atom. The van der Waals surface area contributed by atoms with E-state index in [0.717, 1.165) is 46.1 Å². The number of carbonyl (C=O) groups is 1. The fraction of sp³-hybridized carbons (Fsp3) is 0.188. The molecule has 7 heteroatoms. The molecule has 0 bridgehead atoms. The van der Waals surface area contributed by atoms with Crippen molar-refractivity contribution in [1.29, 1.82) is 5.26 Å². The number of aromatic nitrogens is 1. The van der Waals surface area contributed by atoms with Crippen LogP contribution in [0.4, 0.5) is 5.69 Å². The van der Waals surface area contributed by atoms with Crippen molar-refractivity contribution in [2.45, 2.75) is 39.3 Å². The third-order valence-corrected chi connectivity index (χ3v) is 7.80. The number of thioether (sulfide) groups is 1. The third kappa shape index (κ3) is 5.87. The Hall–Kier alpha value is -4.41. The number of ether oxygens (including phenoxy) is 1. The summed E-state index contributed by atoms with van der Waals surface area (Å²) in [5.74, 6) is 0.658. The maximum Gasteiger partial charge on any atom is 0.260 e. The molecule has 0 saturated carbocycles. The third-order valence-electron chi connectivity index (χ3n) is 6.77. The molecule has 1 amide bonds. The number of hydrogen-bond acceptors (Lipinski definition) is 5. The van der Waals surface area contributed by atoms with Crippen LogP contribution < -0.4 is 15.4 Å². The van der Waals surface area contributed by atoms with Crippen LogP contribution in [-0.2, 0) is 17.8 Å². The molecule has 3 aromatic carbocycles. The molecule has 2 N–H and O–H groups in total. The van der Waals surface area contributed by atoms with Crippen molar-refractivity contribution < 1.29 is 9.53 Å². The molecule has 0 unspecified atom stereocenters. The minimum absolute atomic E-state index is 0.0769. The first-order valence-electron chi connectivity index (χ1n) is 12.9. The van der Waals surface area contributed by atoms with Gasteiger partial charge in [-0.25, -0.2) is 0 Å². The summed E-state index contributed by atoms with van der Waals surface area (Å²) >= 11 is 1.49. The standard InChI is InChI=1S/C32H30N4O2S/c1-4-23-9-11-27(12-10-23)34-32-35-31(37)30(39-32)18-26-17-21(2)36(22(26)3)28-13-15-29(16-14-28)38-20-25-8-6-5-7-24(25)19-33/h5-18,32,34H,4,20H2,1-3H3,(H,35,37)/b30-18-/t32-/m0/s1. The first-order chi connectivity index (χ1) is 18.9. The van der Waals surface area contributed by atoms with Gasteiger partial charge in [-0.2, -0.15) is 5.26 Å². The van der Waals surface area contributed by atoms with E-state index in [9.17, 15) is 10.1 Å². The lowest BCUT2D eigenvalue weighted by Gasteiger charge is -2.13. The van der Waals surface area contributed by atoms with Gasteiger partial charge in [0.25, 0.3) is 5.91 Å². The minimum Gasteiger partial charge on any atom is -0.489 e. The van der Waals surface area contributed by atoms with E-state index in [2.05, 4.69) is 60.2 Å². The van der Waals surface area contributed by atoms with E-state index in [1.165, 1.54) is 17.3 Å². The van der Waals surface area contributed by atoms with Gasteiger partial charge in [0, 0.05) is 28.3 Å². The van der Waals surface area contributed by atoms with E-state index in [1.807, 2.05) is 60.7 Å². The molecule has 0 aliphatic carbocycles. The Labute approximate surface area is 233 Å². The van der Waals surface area contributed by atoms with Crippen LogP contribution in [0.1, 0.15) is 40.6 Å². The van der Waals surface area contributed by atoms with Crippen LogP contribution >= 0.6 is 11.8 Å². The SMILES string of the molecule is CCc1ccc(N[C@H]2NC(=O)/C(=C/c3cc(C)n(-c4ccc(OCc5ccccc5C#N)cc4)c3C)S2)cc1. The first-order valence-corrected chi connectivity index (χ1v) is 13.8.